The van der Waals surface area contributed by atoms with Gasteiger partial charge in [0.15, 0.2) is 5.16 Å². The van der Waals surface area contributed by atoms with Crippen molar-refractivity contribution < 1.29 is 4.79 Å². The van der Waals surface area contributed by atoms with E-state index < -0.39 is 5.91 Å². The molecule has 0 radical (unpaired) electrons. The second kappa shape index (κ2) is 6.09. The molecule has 2 rings (SSSR count). The summed E-state index contributed by atoms with van der Waals surface area (Å²) in [5.74, 6) is -0.311. The molecule has 0 spiro atoms. The van der Waals surface area contributed by atoms with E-state index in [9.17, 15) is 9.59 Å². The number of primary amides is 1. The monoisotopic (exact) mass is 291 g/mol. The zero-order valence-electron chi connectivity index (χ0n) is 11.5. The number of thioether (sulfide) groups is 1. The van der Waals surface area contributed by atoms with Crippen molar-refractivity contribution in [2.75, 3.05) is 5.75 Å². The number of hydrogen-bond donors (Lipinski definition) is 1. The predicted molar refractivity (Wildman–Crippen MR) is 80.9 cm³/mol. The molecule has 0 bridgehead atoms. The highest BCUT2D eigenvalue weighted by Gasteiger charge is 2.15. The van der Waals surface area contributed by atoms with Crippen LogP contribution in [0, 0.1) is 0 Å². The summed E-state index contributed by atoms with van der Waals surface area (Å²) >= 11 is 1.21. The average Bonchev–Trinajstić information content (AvgIpc) is 2.44. The Kier molecular flexibility index (Phi) is 4.44. The van der Waals surface area contributed by atoms with Gasteiger partial charge in [-0.15, -0.1) is 0 Å². The largest absolute Gasteiger partial charge is 0.369 e. The number of hydrogen-bond acceptors (Lipinski definition) is 4. The lowest BCUT2D eigenvalue weighted by Crippen LogP contribution is -2.26. The summed E-state index contributed by atoms with van der Waals surface area (Å²) in [7, 11) is 0. The Morgan fingerprint density at radius 2 is 2.15 bits per heavy atom. The molecular weight excluding hydrogens is 274 g/mol. The number of nitrogens with two attached hydrogens (primary N) is 1. The molecule has 2 N–H and O–H groups in total. The number of benzene rings is 1. The van der Waals surface area contributed by atoms with Gasteiger partial charge in [-0.25, -0.2) is 4.98 Å². The van der Waals surface area contributed by atoms with Crippen molar-refractivity contribution in [2.24, 2.45) is 5.73 Å². The minimum absolute atomic E-state index is 0.0231. The highest BCUT2D eigenvalue weighted by Crippen LogP contribution is 2.21. The molecule has 0 saturated carbocycles. The van der Waals surface area contributed by atoms with Gasteiger partial charge in [-0.2, -0.15) is 0 Å². The highest BCUT2D eigenvalue weighted by molar-refractivity contribution is 7.99. The fourth-order valence-electron chi connectivity index (χ4n) is 1.93. The average molecular weight is 291 g/mol. The second-order valence-corrected chi connectivity index (χ2v) is 5.54. The molecule has 0 aliphatic rings. The van der Waals surface area contributed by atoms with E-state index in [1.54, 1.807) is 16.7 Å². The molecule has 1 aromatic heterocycles. The number of carbonyl (C=O) groups excluding carboxylic acids is 1. The van der Waals surface area contributed by atoms with E-state index in [1.807, 2.05) is 26.0 Å². The van der Waals surface area contributed by atoms with E-state index in [4.69, 9.17) is 5.73 Å². The standard InChI is InChI=1S/C14H17N3O2S/c1-3-9(2)17-13(19)10-6-4-5-7-11(10)16-14(17)20-8-12(15)18/h4-7,9H,3,8H2,1-2H3,(H2,15,18). The fraction of sp³-hybridized carbons (Fsp3) is 0.357. The third-order valence-corrected chi connectivity index (χ3v) is 4.13. The smallest absolute Gasteiger partial charge is 0.262 e. The third kappa shape index (κ3) is 2.85. The topological polar surface area (TPSA) is 78.0 Å². The molecule has 0 aliphatic heterocycles. The van der Waals surface area contributed by atoms with Crippen LogP contribution in [0.1, 0.15) is 26.3 Å². The molecule has 0 saturated heterocycles. The molecule has 1 amide bonds. The summed E-state index contributed by atoms with van der Waals surface area (Å²) in [4.78, 5) is 28.0. The summed E-state index contributed by atoms with van der Waals surface area (Å²) in [6.45, 7) is 3.97. The lowest BCUT2D eigenvalue weighted by Gasteiger charge is -2.17. The summed E-state index contributed by atoms with van der Waals surface area (Å²) < 4.78 is 1.65. The first-order valence-corrected chi connectivity index (χ1v) is 7.45. The van der Waals surface area contributed by atoms with E-state index in [-0.39, 0.29) is 17.4 Å². The molecule has 1 atom stereocenters. The van der Waals surface area contributed by atoms with Gasteiger partial charge in [0.2, 0.25) is 5.91 Å². The Balaban J connectivity index is 2.63. The Labute approximate surface area is 121 Å². The zero-order valence-corrected chi connectivity index (χ0v) is 12.3. The molecule has 1 heterocycles. The maximum absolute atomic E-state index is 12.6. The van der Waals surface area contributed by atoms with Gasteiger partial charge >= 0.3 is 0 Å². The summed E-state index contributed by atoms with van der Waals surface area (Å²) in [5.41, 5.74) is 5.75. The predicted octanol–water partition coefficient (Wildman–Crippen LogP) is 1.94. The lowest BCUT2D eigenvalue weighted by molar-refractivity contribution is -0.115. The summed E-state index contributed by atoms with van der Waals surface area (Å²) in [5, 5.41) is 1.14. The molecule has 0 aliphatic carbocycles. The van der Waals surface area contributed by atoms with Crippen LogP contribution in [0.2, 0.25) is 0 Å². The van der Waals surface area contributed by atoms with E-state index in [0.717, 1.165) is 6.42 Å². The normalized spacial score (nSPS) is 12.5. The van der Waals surface area contributed by atoms with Crippen LogP contribution in [0.4, 0.5) is 0 Å². The minimum Gasteiger partial charge on any atom is -0.369 e. The maximum atomic E-state index is 12.6. The number of fused-ring (bicyclic) bond motifs is 1. The molecule has 6 heteroatoms. The Bertz CT molecular complexity index is 696. The van der Waals surface area contributed by atoms with Gasteiger partial charge in [0.25, 0.3) is 5.56 Å². The van der Waals surface area contributed by atoms with Crippen LogP contribution < -0.4 is 11.3 Å². The van der Waals surface area contributed by atoms with Crippen LogP contribution in [-0.4, -0.2) is 21.2 Å². The SMILES string of the molecule is CCC(C)n1c(SCC(N)=O)nc2ccccc2c1=O. The van der Waals surface area contributed by atoms with Crippen LogP contribution in [0.25, 0.3) is 10.9 Å². The first kappa shape index (κ1) is 14.6. The molecule has 20 heavy (non-hydrogen) atoms. The van der Waals surface area contributed by atoms with Crippen LogP contribution in [0.3, 0.4) is 0 Å². The van der Waals surface area contributed by atoms with Gasteiger partial charge in [0, 0.05) is 6.04 Å². The second-order valence-electron chi connectivity index (χ2n) is 4.60. The fourth-order valence-corrected chi connectivity index (χ4v) is 2.77. The van der Waals surface area contributed by atoms with Gasteiger partial charge in [-0.05, 0) is 25.5 Å². The van der Waals surface area contributed by atoms with Crippen molar-refractivity contribution in [3.8, 4) is 0 Å². The number of para-hydroxylation sites is 1. The summed E-state index contributed by atoms with van der Waals surface area (Å²) in [6.07, 6.45) is 0.810. The first-order chi connectivity index (χ1) is 9.54. The first-order valence-electron chi connectivity index (χ1n) is 6.47. The molecule has 106 valence electrons. The molecular formula is C14H17N3O2S. The van der Waals surface area contributed by atoms with E-state index >= 15 is 0 Å². The van der Waals surface area contributed by atoms with E-state index in [2.05, 4.69) is 4.98 Å². The van der Waals surface area contributed by atoms with Crippen molar-refractivity contribution >= 4 is 28.6 Å². The van der Waals surface area contributed by atoms with Crippen LogP contribution >= 0.6 is 11.8 Å². The Morgan fingerprint density at radius 1 is 1.45 bits per heavy atom. The van der Waals surface area contributed by atoms with Crippen molar-refractivity contribution in [1.82, 2.24) is 9.55 Å². The van der Waals surface area contributed by atoms with E-state index in [0.29, 0.717) is 16.1 Å². The molecule has 1 aromatic carbocycles. The number of rotatable bonds is 5. The minimum atomic E-state index is -0.423. The number of aromatic nitrogens is 2. The number of carbonyl (C=O) groups is 1. The maximum Gasteiger partial charge on any atom is 0.262 e. The lowest BCUT2D eigenvalue weighted by atomic mass is 10.2. The van der Waals surface area contributed by atoms with Crippen molar-refractivity contribution in [3.63, 3.8) is 0 Å². The van der Waals surface area contributed by atoms with Crippen molar-refractivity contribution in [2.45, 2.75) is 31.5 Å². The molecule has 0 fully saturated rings. The quantitative estimate of drug-likeness (QED) is 0.674. The zero-order chi connectivity index (χ0) is 14.7. The van der Waals surface area contributed by atoms with E-state index in [1.165, 1.54) is 11.8 Å². The molecule has 2 aromatic rings. The number of amides is 1. The van der Waals surface area contributed by atoms with Crippen LogP contribution in [-0.2, 0) is 4.79 Å². The van der Waals surface area contributed by atoms with Gasteiger partial charge in [-0.1, -0.05) is 30.8 Å². The van der Waals surface area contributed by atoms with Crippen LogP contribution in [0.15, 0.2) is 34.2 Å². The van der Waals surface area contributed by atoms with Crippen LogP contribution in [0.5, 0.6) is 0 Å². The Morgan fingerprint density at radius 3 is 2.80 bits per heavy atom. The van der Waals surface area contributed by atoms with Gasteiger partial charge < -0.3 is 5.73 Å². The molecule has 1 unspecified atom stereocenters. The van der Waals surface area contributed by atoms with Gasteiger partial charge in [0.1, 0.15) is 0 Å². The van der Waals surface area contributed by atoms with Crippen molar-refractivity contribution in [1.29, 1.82) is 0 Å². The summed E-state index contributed by atoms with van der Waals surface area (Å²) in [6, 6.07) is 7.25. The van der Waals surface area contributed by atoms with Gasteiger partial charge in [0.05, 0.1) is 16.7 Å². The Hall–Kier alpha value is -1.82. The van der Waals surface area contributed by atoms with Crippen molar-refractivity contribution in [3.05, 3.63) is 34.6 Å². The third-order valence-electron chi connectivity index (χ3n) is 3.15. The highest BCUT2D eigenvalue weighted by atomic mass is 32.2. The number of nitrogens with zero attached hydrogens (tertiary/aromatic N) is 2. The van der Waals surface area contributed by atoms with Gasteiger partial charge in [-0.3, -0.25) is 14.2 Å². The molecule has 5 nitrogen and oxygen atoms in total.